The van der Waals surface area contributed by atoms with Gasteiger partial charge in [-0.1, -0.05) is 89.6 Å². The zero-order chi connectivity index (χ0) is 22.3. The first-order valence-electron chi connectivity index (χ1n) is 10.9. The van der Waals surface area contributed by atoms with Gasteiger partial charge in [-0.25, -0.2) is 0 Å². The maximum atomic E-state index is 12.7. The van der Waals surface area contributed by atoms with E-state index in [1.807, 2.05) is 30.3 Å². The van der Waals surface area contributed by atoms with Crippen LogP contribution >= 0.6 is 0 Å². The highest BCUT2D eigenvalue weighted by Gasteiger charge is 2.63. The maximum Gasteiger partial charge on any atom is 0.314 e. The van der Waals surface area contributed by atoms with Crippen molar-refractivity contribution in [3.8, 4) is 0 Å². The van der Waals surface area contributed by atoms with Crippen LogP contribution in [0.3, 0.4) is 0 Å². The number of benzene rings is 2. The minimum Gasteiger partial charge on any atom is -0.481 e. The molecule has 30 heavy (non-hydrogen) atoms. The summed E-state index contributed by atoms with van der Waals surface area (Å²) in [6.45, 7) is 16.1. The van der Waals surface area contributed by atoms with Gasteiger partial charge in [0.05, 0.1) is 18.6 Å². The minimum atomic E-state index is -0.865. The number of aliphatic carboxylic acids is 1. The van der Waals surface area contributed by atoms with E-state index in [1.54, 1.807) is 0 Å². The van der Waals surface area contributed by atoms with Crippen LogP contribution in [-0.2, 0) is 32.4 Å². The van der Waals surface area contributed by atoms with Crippen LogP contribution < -0.4 is 0 Å². The lowest BCUT2D eigenvalue weighted by Gasteiger charge is -2.34. The molecule has 0 radical (unpaired) electrons. The molecular formula is C27H36O3. The Balaban J connectivity index is 2.00. The fourth-order valence-electron chi connectivity index (χ4n) is 4.55. The van der Waals surface area contributed by atoms with Crippen molar-refractivity contribution in [1.29, 1.82) is 0 Å². The molecule has 0 saturated heterocycles. The Bertz CT molecular complexity index is 880. The van der Waals surface area contributed by atoms with Gasteiger partial charge in [-0.3, -0.25) is 4.79 Å². The lowest BCUT2D eigenvalue weighted by atomic mass is 9.70. The summed E-state index contributed by atoms with van der Waals surface area (Å²) in [7, 11) is 0. The molecule has 2 atom stereocenters. The Morgan fingerprint density at radius 1 is 1.03 bits per heavy atom. The van der Waals surface area contributed by atoms with Crippen LogP contribution in [0, 0.1) is 12.8 Å². The van der Waals surface area contributed by atoms with Gasteiger partial charge in [0, 0.05) is 5.92 Å². The Labute approximate surface area is 181 Å². The SMILES string of the molecule is Cc1cc(C(C)(C)C)c(C2(C(=O)O)CC2COCc2ccccc2)c(C(C)(C)C)c1. The molecule has 3 rings (SSSR count). The van der Waals surface area contributed by atoms with E-state index in [2.05, 4.69) is 60.6 Å². The molecule has 1 fully saturated rings. The molecule has 3 heteroatoms. The van der Waals surface area contributed by atoms with E-state index in [-0.39, 0.29) is 16.7 Å². The molecule has 2 aromatic carbocycles. The fourth-order valence-corrected chi connectivity index (χ4v) is 4.55. The van der Waals surface area contributed by atoms with Crippen LogP contribution in [0.5, 0.6) is 0 Å². The number of hydrogen-bond acceptors (Lipinski definition) is 2. The second kappa shape index (κ2) is 7.85. The van der Waals surface area contributed by atoms with E-state index >= 15 is 0 Å². The first kappa shape index (κ1) is 22.6. The normalized spacial score (nSPS) is 21.5. The van der Waals surface area contributed by atoms with E-state index in [0.717, 1.165) is 22.3 Å². The molecule has 1 saturated carbocycles. The number of aryl methyl sites for hydroxylation is 1. The second-order valence-corrected chi connectivity index (χ2v) is 10.9. The van der Waals surface area contributed by atoms with E-state index in [0.29, 0.717) is 19.6 Å². The highest BCUT2D eigenvalue weighted by molar-refractivity contribution is 5.87. The Hall–Kier alpha value is -2.13. The molecule has 0 aliphatic heterocycles. The maximum absolute atomic E-state index is 12.7. The average Bonchev–Trinajstić information content (AvgIpc) is 3.36. The Morgan fingerprint density at radius 2 is 1.57 bits per heavy atom. The van der Waals surface area contributed by atoms with Crippen molar-refractivity contribution in [3.63, 3.8) is 0 Å². The van der Waals surface area contributed by atoms with Crippen LogP contribution in [-0.4, -0.2) is 17.7 Å². The quantitative estimate of drug-likeness (QED) is 0.623. The van der Waals surface area contributed by atoms with Gasteiger partial charge in [-0.05, 0) is 46.4 Å². The Kier molecular flexibility index (Phi) is 5.90. The van der Waals surface area contributed by atoms with E-state index in [1.165, 1.54) is 5.56 Å². The third kappa shape index (κ3) is 4.32. The summed E-state index contributed by atoms with van der Waals surface area (Å²) in [5, 5.41) is 10.4. The van der Waals surface area contributed by atoms with Gasteiger partial charge in [-0.2, -0.15) is 0 Å². The zero-order valence-corrected chi connectivity index (χ0v) is 19.5. The number of ether oxygens (including phenoxy) is 1. The van der Waals surface area contributed by atoms with Crippen LogP contribution in [0.4, 0.5) is 0 Å². The number of carboxylic acids is 1. The van der Waals surface area contributed by atoms with Crippen LogP contribution in [0.15, 0.2) is 42.5 Å². The third-order valence-electron chi connectivity index (χ3n) is 6.26. The second-order valence-electron chi connectivity index (χ2n) is 10.9. The van der Waals surface area contributed by atoms with Crippen molar-refractivity contribution in [2.45, 2.75) is 77.7 Å². The molecule has 3 nitrogen and oxygen atoms in total. The van der Waals surface area contributed by atoms with E-state index in [9.17, 15) is 9.90 Å². The van der Waals surface area contributed by atoms with E-state index < -0.39 is 11.4 Å². The first-order chi connectivity index (χ1) is 13.9. The number of carbonyl (C=O) groups is 1. The molecule has 1 aliphatic rings. The number of hydrogen-bond donors (Lipinski definition) is 1. The molecule has 0 amide bonds. The summed E-state index contributed by atoms with van der Waals surface area (Å²) in [5.41, 5.74) is 4.49. The van der Waals surface area contributed by atoms with Crippen molar-refractivity contribution < 1.29 is 14.6 Å². The monoisotopic (exact) mass is 408 g/mol. The Morgan fingerprint density at radius 3 is 2.03 bits per heavy atom. The lowest BCUT2D eigenvalue weighted by molar-refractivity contribution is -0.140. The topological polar surface area (TPSA) is 46.5 Å². The fraction of sp³-hybridized carbons (Fsp3) is 0.519. The van der Waals surface area contributed by atoms with Gasteiger partial charge in [0.25, 0.3) is 0 Å². The summed E-state index contributed by atoms with van der Waals surface area (Å²) in [6, 6.07) is 14.4. The summed E-state index contributed by atoms with van der Waals surface area (Å²) < 4.78 is 5.98. The molecule has 1 N–H and O–H groups in total. The van der Waals surface area contributed by atoms with E-state index in [4.69, 9.17) is 4.74 Å². The molecular weight excluding hydrogens is 372 g/mol. The van der Waals surface area contributed by atoms with Crippen molar-refractivity contribution in [1.82, 2.24) is 0 Å². The summed E-state index contributed by atoms with van der Waals surface area (Å²) in [6.07, 6.45) is 0.631. The zero-order valence-electron chi connectivity index (χ0n) is 19.5. The van der Waals surface area contributed by atoms with Gasteiger partial charge in [-0.15, -0.1) is 0 Å². The van der Waals surface area contributed by atoms with Crippen molar-refractivity contribution in [3.05, 3.63) is 70.3 Å². The molecule has 0 heterocycles. The van der Waals surface area contributed by atoms with Gasteiger partial charge in [0.2, 0.25) is 0 Å². The summed E-state index contributed by atoms with van der Waals surface area (Å²) in [5.74, 6) is -0.737. The summed E-state index contributed by atoms with van der Waals surface area (Å²) in [4.78, 5) is 12.7. The predicted octanol–water partition coefficient (Wildman–Crippen LogP) is 6.15. The largest absolute Gasteiger partial charge is 0.481 e. The highest BCUT2D eigenvalue weighted by atomic mass is 16.5. The number of rotatable bonds is 6. The predicted molar refractivity (Wildman–Crippen MR) is 122 cm³/mol. The third-order valence-corrected chi connectivity index (χ3v) is 6.26. The van der Waals surface area contributed by atoms with Gasteiger partial charge >= 0.3 is 5.97 Å². The molecule has 2 aromatic rings. The average molecular weight is 409 g/mol. The first-order valence-corrected chi connectivity index (χ1v) is 10.9. The van der Waals surface area contributed by atoms with Crippen molar-refractivity contribution in [2.24, 2.45) is 5.92 Å². The summed E-state index contributed by atoms with van der Waals surface area (Å²) >= 11 is 0. The van der Waals surface area contributed by atoms with Crippen molar-refractivity contribution in [2.75, 3.05) is 6.61 Å². The van der Waals surface area contributed by atoms with Gasteiger partial charge < -0.3 is 9.84 Å². The van der Waals surface area contributed by atoms with Gasteiger partial charge in [0.1, 0.15) is 0 Å². The van der Waals surface area contributed by atoms with Crippen LogP contribution in [0.25, 0.3) is 0 Å². The molecule has 0 spiro atoms. The minimum absolute atomic E-state index is 0.0105. The highest BCUT2D eigenvalue weighted by Crippen LogP contribution is 2.59. The van der Waals surface area contributed by atoms with Gasteiger partial charge in [0.15, 0.2) is 0 Å². The molecule has 2 unspecified atom stereocenters. The molecule has 162 valence electrons. The lowest BCUT2D eigenvalue weighted by Crippen LogP contribution is -2.32. The smallest absolute Gasteiger partial charge is 0.314 e. The number of carboxylic acid groups (broad SMARTS) is 1. The molecule has 1 aliphatic carbocycles. The molecule has 0 aromatic heterocycles. The van der Waals surface area contributed by atoms with Crippen LogP contribution in [0.2, 0.25) is 0 Å². The standard InChI is InChI=1S/C27H36O3/c1-18-13-21(25(2,3)4)23(22(14-18)26(5,6)7)27(24(28)29)15-20(27)17-30-16-19-11-9-8-10-12-19/h8-14,20H,15-17H2,1-7H3,(H,28,29). The van der Waals surface area contributed by atoms with Crippen LogP contribution in [0.1, 0.15) is 75.8 Å². The van der Waals surface area contributed by atoms with Crippen molar-refractivity contribution >= 4 is 5.97 Å². The molecule has 0 bridgehead atoms.